The van der Waals surface area contributed by atoms with Crippen LogP contribution < -0.4 is 11.1 Å². The molecule has 0 spiro atoms. The predicted octanol–water partition coefficient (Wildman–Crippen LogP) is 3.90. The summed E-state index contributed by atoms with van der Waals surface area (Å²) in [5.41, 5.74) is 9.48. The summed E-state index contributed by atoms with van der Waals surface area (Å²) in [7, 11) is 0. The van der Waals surface area contributed by atoms with Crippen molar-refractivity contribution < 1.29 is 0 Å². The van der Waals surface area contributed by atoms with Crippen LogP contribution in [0.3, 0.4) is 0 Å². The smallest absolute Gasteiger partial charge is 0.167 e. The van der Waals surface area contributed by atoms with Gasteiger partial charge in [0.05, 0.1) is 11.0 Å². The highest BCUT2D eigenvalue weighted by Crippen LogP contribution is 2.28. The van der Waals surface area contributed by atoms with Crippen LogP contribution in [0.15, 0.2) is 65.7 Å². The lowest BCUT2D eigenvalue weighted by Gasteiger charge is -2.12. The summed E-state index contributed by atoms with van der Waals surface area (Å²) < 4.78 is 2.83. The van der Waals surface area contributed by atoms with Gasteiger partial charge in [-0.2, -0.15) is 0 Å². The van der Waals surface area contributed by atoms with E-state index in [9.17, 15) is 0 Å². The molecule has 118 valence electrons. The van der Waals surface area contributed by atoms with E-state index in [0.717, 1.165) is 21.2 Å². The third-order valence-corrected chi connectivity index (χ3v) is 4.13. The highest BCUT2D eigenvalue weighted by atomic mass is 79.9. The Kier molecular flexibility index (Phi) is 3.62. The first-order chi connectivity index (χ1) is 11.7. The molecule has 0 aliphatic heterocycles. The van der Waals surface area contributed by atoms with Crippen LogP contribution >= 0.6 is 15.9 Å². The Morgan fingerprint density at radius 2 is 1.88 bits per heavy atom. The maximum absolute atomic E-state index is 6.30. The normalized spacial score (nSPS) is 10.9. The Morgan fingerprint density at radius 3 is 2.75 bits per heavy atom. The fraction of sp³-hybridized carbons (Fsp3) is 0. The molecule has 0 aliphatic carbocycles. The monoisotopic (exact) mass is 380 g/mol. The van der Waals surface area contributed by atoms with Crippen molar-refractivity contribution in [1.29, 1.82) is 0 Å². The van der Waals surface area contributed by atoms with Gasteiger partial charge in [-0.25, -0.2) is 15.0 Å². The highest BCUT2D eigenvalue weighted by Gasteiger charge is 2.13. The number of fused-ring (bicyclic) bond motifs is 1. The number of rotatable bonds is 3. The van der Waals surface area contributed by atoms with Gasteiger partial charge in [-0.1, -0.05) is 34.1 Å². The first kappa shape index (κ1) is 14.6. The van der Waals surface area contributed by atoms with E-state index in [0.29, 0.717) is 17.3 Å². The van der Waals surface area contributed by atoms with Crippen molar-refractivity contribution in [3.8, 4) is 5.82 Å². The third-order valence-electron chi connectivity index (χ3n) is 3.63. The van der Waals surface area contributed by atoms with Crippen molar-refractivity contribution >= 4 is 44.2 Å². The van der Waals surface area contributed by atoms with Gasteiger partial charge in [0, 0.05) is 10.2 Å². The van der Waals surface area contributed by atoms with E-state index in [1.807, 2.05) is 53.1 Å². The zero-order valence-electron chi connectivity index (χ0n) is 12.5. The fourth-order valence-corrected chi connectivity index (χ4v) is 2.91. The topological polar surface area (TPSA) is 81.6 Å². The Morgan fingerprint density at radius 1 is 1.00 bits per heavy atom. The molecule has 3 N–H and O–H groups in total. The van der Waals surface area contributed by atoms with Gasteiger partial charge in [0.2, 0.25) is 0 Å². The van der Waals surface area contributed by atoms with Crippen LogP contribution in [0.1, 0.15) is 0 Å². The summed E-state index contributed by atoms with van der Waals surface area (Å²) in [5, 5.41) is 3.22. The standard InChI is InChI=1S/C17H13BrN6/c18-11-4-3-5-12(8-11)23-16-15(19)17(21-9-20-16)24-10-22-13-6-1-2-7-14(13)24/h1-10H,19H2,(H,20,21,23). The molecule has 0 amide bonds. The van der Waals surface area contributed by atoms with E-state index in [4.69, 9.17) is 5.73 Å². The van der Waals surface area contributed by atoms with Gasteiger partial charge in [-0.15, -0.1) is 0 Å². The Labute approximate surface area is 146 Å². The number of nitrogens with two attached hydrogens (primary N) is 1. The number of nitrogens with one attached hydrogen (secondary N) is 1. The van der Waals surface area contributed by atoms with E-state index < -0.39 is 0 Å². The van der Waals surface area contributed by atoms with Crippen molar-refractivity contribution in [3.63, 3.8) is 0 Å². The molecule has 0 fully saturated rings. The Hall–Kier alpha value is -2.93. The maximum atomic E-state index is 6.30. The van der Waals surface area contributed by atoms with Gasteiger partial charge in [-0.3, -0.25) is 4.57 Å². The lowest BCUT2D eigenvalue weighted by atomic mass is 10.3. The number of benzene rings is 2. The lowest BCUT2D eigenvalue weighted by Crippen LogP contribution is -2.07. The molecule has 6 nitrogen and oxygen atoms in total. The van der Waals surface area contributed by atoms with Crippen LogP contribution in [0.25, 0.3) is 16.9 Å². The van der Waals surface area contributed by atoms with E-state index >= 15 is 0 Å². The summed E-state index contributed by atoms with van der Waals surface area (Å²) in [5.74, 6) is 1.15. The van der Waals surface area contributed by atoms with Crippen LogP contribution in [-0.4, -0.2) is 19.5 Å². The summed E-state index contributed by atoms with van der Waals surface area (Å²) in [6, 6.07) is 15.6. The molecule has 4 aromatic rings. The van der Waals surface area contributed by atoms with E-state index in [2.05, 4.69) is 36.2 Å². The number of halogens is 1. The van der Waals surface area contributed by atoms with Crippen LogP contribution in [-0.2, 0) is 0 Å². The molecule has 2 aromatic heterocycles. The number of imidazole rings is 1. The molecule has 0 atom stereocenters. The van der Waals surface area contributed by atoms with Crippen LogP contribution in [0, 0.1) is 0 Å². The number of hydrogen-bond donors (Lipinski definition) is 2. The minimum atomic E-state index is 0.459. The number of nitrogens with zero attached hydrogens (tertiary/aromatic N) is 4. The lowest BCUT2D eigenvalue weighted by molar-refractivity contribution is 1.00. The SMILES string of the molecule is Nc1c(Nc2cccc(Br)c2)ncnc1-n1cnc2ccccc21. The fourth-order valence-electron chi connectivity index (χ4n) is 2.51. The summed E-state index contributed by atoms with van der Waals surface area (Å²) in [4.78, 5) is 13.0. The van der Waals surface area contributed by atoms with Crippen LogP contribution in [0.4, 0.5) is 17.2 Å². The zero-order valence-corrected chi connectivity index (χ0v) is 14.1. The number of nitrogen functional groups attached to an aromatic ring is 1. The molecule has 24 heavy (non-hydrogen) atoms. The van der Waals surface area contributed by atoms with Gasteiger partial charge in [0.15, 0.2) is 11.6 Å². The van der Waals surface area contributed by atoms with Crippen molar-refractivity contribution in [1.82, 2.24) is 19.5 Å². The summed E-state index contributed by atoms with van der Waals surface area (Å²) >= 11 is 3.45. The minimum Gasteiger partial charge on any atom is -0.393 e. The van der Waals surface area contributed by atoms with Crippen LogP contribution in [0.2, 0.25) is 0 Å². The van der Waals surface area contributed by atoms with Gasteiger partial charge in [0.25, 0.3) is 0 Å². The Bertz CT molecular complexity index is 1030. The first-order valence-corrected chi connectivity index (χ1v) is 8.07. The van der Waals surface area contributed by atoms with Gasteiger partial charge in [-0.05, 0) is 30.3 Å². The van der Waals surface area contributed by atoms with Crippen molar-refractivity contribution in [2.24, 2.45) is 0 Å². The molecule has 0 saturated heterocycles. The van der Waals surface area contributed by atoms with Gasteiger partial charge < -0.3 is 11.1 Å². The number of para-hydroxylation sites is 2. The average Bonchev–Trinajstić information content (AvgIpc) is 3.01. The average molecular weight is 381 g/mol. The van der Waals surface area contributed by atoms with Crippen molar-refractivity contribution in [2.75, 3.05) is 11.1 Å². The van der Waals surface area contributed by atoms with Crippen LogP contribution in [0.5, 0.6) is 0 Å². The van der Waals surface area contributed by atoms with Gasteiger partial charge >= 0.3 is 0 Å². The quantitative estimate of drug-likeness (QED) is 0.563. The largest absolute Gasteiger partial charge is 0.393 e. The van der Waals surface area contributed by atoms with E-state index in [-0.39, 0.29) is 0 Å². The molecule has 7 heteroatoms. The second kappa shape index (κ2) is 5.93. The second-order valence-electron chi connectivity index (χ2n) is 5.20. The summed E-state index contributed by atoms with van der Waals surface area (Å²) in [6.07, 6.45) is 3.20. The second-order valence-corrected chi connectivity index (χ2v) is 6.11. The predicted molar refractivity (Wildman–Crippen MR) is 98.5 cm³/mol. The highest BCUT2D eigenvalue weighted by molar-refractivity contribution is 9.10. The molecule has 2 heterocycles. The molecular formula is C17H13BrN6. The molecule has 4 rings (SSSR count). The minimum absolute atomic E-state index is 0.459. The number of aromatic nitrogens is 4. The third kappa shape index (κ3) is 2.59. The molecule has 2 aromatic carbocycles. The maximum Gasteiger partial charge on any atom is 0.167 e. The van der Waals surface area contributed by atoms with Crippen molar-refractivity contribution in [3.05, 3.63) is 65.7 Å². The molecule has 0 unspecified atom stereocenters. The molecule has 0 bridgehead atoms. The van der Waals surface area contributed by atoms with Crippen molar-refractivity contribution in [2.45, 2.75) is 0 Å². The first-order valence-electron chi connectivity index (χ1n) is 7.28. The molecule has 0 radical (unpaired) electrons. The molecule has 0 aliphatic rings. The molecule has 0 saturated carbocycles. The summed E-state index contributed by atoms with van der Waals surface area (Å²) in [6.45, 7) is 0. The van der Waals surface area contributed by atoms with E-state index in [1.54, 1.807) is 6.33 Å². The van der Waals surface area contributed by atoms with Gasteiger partial charge in [0.1, 0.15) is 18.3 Å². The number of anilines is 3. The molecular weight excluding hydrogens is 368 g/mol. The Balaban J connectivity index is 1.78. The zero-order chi connectivity index (χ0) is 16.5. The van der Waals surface area contributed by atoms with E-state index in [1.165, 1.54) is 6.33 Å². The number of hydrogen-bond acceptors (Lipinski definition) is 5.